The van der Waals surface area contributed by atoms with Gasteiger partial charge >= 0.3 is 0 Å². The van der Waals surface area contributed by atoms with Gasteiger partial charge in [0.2, 0.25) is 0 Å². The number of hydrogen-bond acceptors (Lipinski definition) is 4. The second-order valence-electron chi connectivity index (χ2n) is 6.59. The van der Waals surface area contributed by atoms with E-state index in [4.69, 9.17) is 15.2 Å². The van der Waals surface area contributed by atoms with Gasteiger partial charge in [0.1, 0.15) is 0 Å². The van der Waals surface area contributed by atoms with Gasteiger partial charge in [-0.25, -0.2) is 0 Å². The summed E-state index contributed by atoms with van der Waals surface area (Å²) in [6.45, 7) is 4.60. The van der Waals surface area contributed by atoms with Gasteiger partial charge in [0, 0.05) is 24.8 Å². The van der Waals surface area contributed by atoms with Crippen molar-refractivity contribution in [3.05, 3.63) is 0 Å². The highest BCUT2D eigenvalue weighted by Gasteiger charge is 2.63. The van der Waals surface area contributed by atoms with Gasteiger partial charge in [-0.2, -0.15) is 0 Å². The SMILES string of the molecule is CC1CC(O)(C2(CN)CC3CCC2O3)CC(C)O1. The molecule has 0 aromatic rings. The average Bonchev–Trinajstić information content (AvgIpc) is 2.86. The Kier molecular flexibility index (Phi) is 2.98. The molecule has 0 amide bonds. The lowest BCUT2D eigenvalue weighted by atomic mass is 9.59. The zero-order chi connectivity index (χ0) is 13.0. The summed E-state index contributed by atoms with van der Waals surface area (Å²) >= 11 is 0. The molecule has 18 heavy (non-hydrogen) atoms. The molecule has 3 heterocycles. The van der Waals surface area contributed by atoms with E-state index in [-0.39, 0.29) is 23.7 Å². The Bertz CT molecular complexity index is 325. The van der Waals surface area contributed by atoms with Crippen molar-refractivity contribution in [2.24, 2.45) is 11.1 Å². The fourth-order valence-electron chi connectivity index (χ4n) is 4.63. The molecule has 104 valence electrons. The molecule has 3 aliphatic heterocycles. The van der Waals surface area contributed by atoms with Crippen LogP contribution in [0.1, 0.15) is 46.0 Å². The summed E-state index contributed by atoms with van der Waals surface area (Å²) in [4.78, 5) is 0. The molecule has 0 aliphatic carbocycles. The first-order chi connectivity index (χ1) is 8.49. The number of nitrogens with two attached hydrogens (primary N) is 1. The monoisotopic (exact) mass is 255 g/mol. The zero-order valence-corrected chi connectivity index (χ0v) is 11.4. The van der Waals surface area contributed by atoms with E-state index in [1.54, 1.807) is 0 Å². The van der Waals surface area contributed by atoms with Crippen LogP contribution in [-0.4, -0.2) is 41.7 Å². The van der Waals surface area contributed by atoms with E-state index in [9.17, 15) is 5.11 Å². The fraction of sp³-hybridized carbons (Fsp3) is 1.00. The first-order valence-electron chi connectivity index (χ1n) is 7.22. The smallest absolute Gasteiger partial charge is 0.0790 e. The minimum Gasteiger partial charge on any atom is -0.389 e. The van der Waals surface area contributed by atoms with Crippen molar-refractivity contribution in [2.45, 2.75) is 76.0 Å². The Balaban J connectivity index is 1.91. The molecule has 5 unspecified atom stereocenters. The van der Waals surface area contributed by atoms with E-state index >= 15 is 0 Å². The molecular formula is C14H25NO3. The van der Waals surface area contributed by atoms with E-state index < -0.39 is 5.60 Å². The highest BCUT2D eigenvalue weighted by atomic mass is 16.5. The maximum atomic E-state index is 11.2. The van der Waals surface area contributed by atoms with Crippen LogP contribution in [0.25, 0.3) is 0 Å². The van der Waals surface area contributed by atoms with Crippen LogP contribution in [0.2, 0.25) is 0 Å². The first kappa shape index (κ1) is 12.9. The van der Waals surface area contributed by atoms with Gasteiger partial charge in [0.15, 0.2) is 0 Å². The largest absolute Gasteiger partial charge is 0.389 e. The molecule has 3 N–H and O–H groups in total. The lowest BCUT2D eigenvalue weighted by molar-refractivity contribution is -0.197. The summed E-state index contributed by atoms with van der Waals surface area (Å²) in [5.41, 5.74) is 5.11. The van der Waals surface area contributed by atoms with Crippen molar-refractivity contribution >= 4 is 0 Å². The lowest BCUT2D eigenvalue weighted by Gasteiger charge is -2.52. The van der Waals surface area contributed by atoms with E-state index in [0.717, 1.165) is 19.3 Å². The van der Waals surface area contributed by atoms with Gasteiger partial charge in [0.05, 0.1) is 30.0 Å². The van der Waals surface area contributed by atoms with Crippen molar-refractivity contribution < 1.29 is 14.6 Å². The summed E-state index contributed by atoms with van der Waals surface area (Å²) < 4.78 is 11.8. The molecule has 3 aliphatic rings. The Morgan fingerprint density at radius 1 is 1.11 bits per heavy atom. The van der Waals surface area contributed by atoms with Crippen LogP contribution in [0.3, 0.4) is 0 Å². The van der Waals surface area contributed by atoms with Crippen LogP contribution < -0.4 is 5.73 Å². The summed E-state index contributed by atoms with van der Waals surface area (Å²) in [6.07, 6.45) is 5.12. The van der Waals surface area contributed by atoms with Crippen molar-refractivity contribution in [2.75, 3.05) is 6.54 Å². The van der Waals surface area contributed by atoms with Crippen LogP contribution in [-0.2, 0) is 9.47 Å². The van der Waals surface area contributed by atoms with Crippen molar-refractivity contribution in [3.8, 4) is 0 Å². The van der Waals surface area contributed by atoms with Gasteiger partial charge in [-0.3, -0.25) is 0 Å². The summed E-state index contributed by atoms with van der Waals surface area (Å²) in [5.74, 6) is 0. The van der Waals surface area contributed by atoms with E-state index in [0.29, 0.717) is 25.5 Å². The fourth-order valence-corrected chi connectivity index (χ4v) is 4.63. The number of rotatable bonds is 2. The summed E-state index contributed by atoms with van der Waals surface area (Å²) in [6, 6.07) is 0. The molecular weight excluding hydrogens is 230 g/mol. The second-order valence-corrected chi connectivity index (χ2v) is 6.59. The Hall–Kier alpha value is -0.160. The predicted octanol–water partition coefficient (Wildman–Crippen LogP) is 1.20. The van der Waals surface area contributed by atoms with Crippen LogP contribution in [0.15, 0.2) is 0 Å². The van der Waals surface area contributed by atoms with Gasteiger partial charge in [0.25, 0.3) is 0 Å². The summed E-state index contributed by atoms with van der Waals surface area (Å²) in [5, 5.41) is 11.2. The van der Waals surface area contributed by atoms with E-state index in [2.05, 4.69) is 0 Å². The molecule has 0 radical (unpaired) electrons. The molecule has 5 atom stereocenters. The average molecular weight is 255 g/mol. The third-order valence-electron chi connectivity index (χ3n) is 5.32. The molecule has 0 spiro atoms. The summed E-state index contributed by atoms with van der Waals surface area (Å²) in [7, 11) is 0. The number of hydrogen-bond donors (Lipinski definition) is 2. The van der Waals surface area contributed by atoms with Gasteiger partial charge < -0.3 is 20.3 Å². The molecule has 3 rings (SSSR count). The molecule has 3 saturated heterocycles. The van der Waals surface area contributed by atoms with Crippen LogP contribution >= 0.6 is 0 Å². The Morgan fingerprint density at radius 2 is 1.78 bits per heavy atom. The molecule has 0 saturated carbocycles. The normalized spacial score (nSPS) is 56.0. The Labute approximate surface area is 109 Å². The van der Waals surface area contributed by atoms with E-state index in [1.165, 1.54) is 0 Å². The zero-order valence-electron chi connectivity index (χ0n) is 11.4. The number of aliphatic hydroxyl groups is 1. The quantitative estimate of drug-likeness (QED) is 0.778. The second kappa shape index (κ2) is 4.17. The van der Waals surface area contributed by atoms with Gasteiger partial charge in [-0.05, 0) is 33.1 Å². The van der Waals surface area contributed by atoms with Crippen molar-refractivity contribution in [1.29, 1.82) is 0 Å². The highest BCUT2D eigenvalue weighted by Crippen LogP contribution is 2.56. The maximum Gasteiger partial charge on any atom is 0.0790 e. The molecule has 0 aromatic carbocycles. The minimum atomic E-state index is -0.724. The molecule has 4 heteroatoms. The van der Waals surface area contributed by atoms with Crippen LogP contribution in [0, 0.1) is 5.41 Å². The van der Waals surface area contributed by atoms with Crippen LogP contribution in [0.4, 0.5) is 0 Å². The number of ether oxygens (including phenoxy) is 2. The molecule has 2 bridgehead atoms. The minimum absolute atomic E-state index is 0.0984. The predicted molar refractivity (Wildman–Crippen MR) is 68.2 cm³/mol. The van der Waals surface area contributed by atoms with Crippen molar-refractivity contribution in [3.63, 3.8) is 0 Å². The van der Waals surface area contributed by atoms with E-state index in [1.807, 2.05) is 13.8 Å². The van der Waals surface area contributed by atoms with Gasteiger partial charge in [-0.15, -0.1) is 0 Å². The van der Waals surface area contributed by atoms with Crippen molar-refractivity contribution in [1.82, 2.24) is 0 Å². The topological polar surface area (TPSA) is 64.7 Å². The Morgan fingerprint density at radius 3 is 2.22 bits per heavy atom. The third-order valence-corrected chi connectivity index (χ3v) is 5.32. The molecule has 3 fully saturated rings. The lowest BCUT2D eigenvalue weighted by Crippen LogP contribution is -2.62. The number of fused-ring (bicyclic) bond motifs is 2. The highest BCUT2D eigenvalue weighted by molar-refractivity contribution is 5.13. The third kappa shape index (κ3) is 1.66. The molecule has 0 aromatic heterocycles. The van der Waals surface area contributed by atoms with Gasteiger partial charge in [-0.1, -0.05) is 0 Å². The first-order valence-corrected chi connectivity index (χ1v) is 7.22. The maximum absolute atomic E-state index is 11.2. The van der Waals surface area contributed by atoms with Crippen LogP contribution in [0.5, 0.6) is 0 Å². The standard InChI is InChI=1S/C14H25NO3/c1-9-5-14(16,6-10(2)17-9)13(8-15)7-11-3-4-12(13)18-11/h9-12,16H,3-8,15H2,1-2H3. The molecule has 4 nitrogen and oxygen atoms in total.